The van der Waals surface area contributed by atoms with E-state index in [1.165, 1.54) is 50.9 Å². The lowest BCUT2D eigenvalue weighted by atomic mass is 9.87. The monoisotopic (exact) mass is 256 g/mol. The molecule has 2 aliphatic rings. The molecular weight excluding hydrogens is 228 g/mol. The lowest BCUT2D eigenvalue weighted by Gasteiger charge is -2.44. The summed E-state index contributed by atoms with van der Waals surface area (Å²) >= 11 is 2.11. The number of nitrogens with two attached hydrogens (primary N) is 1. The van der Waals surface area contributed by atoms with Crippen molar-refractivity contribution < 1.29 is 0 Å². The Morgan fingerprint density at radius 1 is 1.35 bits per heavy atom. The van der Waals surface area contributed by atoms with E-state index in [0.29, 0.717) is 5.54 Å². The Morgan fingerprint density at radius 3 is 2.53 bits per heavy atom. The van der Waals surface area contributed by atoms with Crippen LogP contribution in [-0.4, -0.2) is 41.1 Å². The molecule has 0 aromatic rings. The van der Waals surface area contributed by atoms with E-state index in [2.05, 4.69) is 30.5 Å². The van der Waals surface area contributed by atoms with Crippen LogP contribution in [0.2, 0.25) is 0 Å². The Bertz CT molecular complexity index is 238. The van der Waals surface area contributed by atoms with Crippen molar-refractivity contribution in [1.82, 2.24) is 4.90 Å². The molecule has 0 bridgehead atoms. The van der Waals surface area contributed by atoms with Gasteiger partial charge in [-0.05, 0) is 38.3 Å². The summed E-state index contributed by atoms with van der Waals surface area (Å²) in [7, 11) is 0. The van der Waals surface area contributed by atoms with Crippen LogP contribution in [0.3, 0.4) is 0 Å². The predicted octanol–water partition coefficient (Wildman–Crippen LogP) is 2.72. The van der Waals surface area contributed by atoms with Crippen molar-refractivity contribution in [3.63, 3.8) is 0 Å². The Morgan fingerprint density at radius 2 is 2.06 bits per heavy atom. The fourth-order valence-corrected chi connectivity index (χ4v) is 4.99. The van der Waals surface area contributed by atoms with Crippen LogP contribution in [0, 0.1) is 5.92 Å². The van der Waals surface area contributed by atoms with Gasteiger partial charge in [-0.2, -0.15) is 11.8 Å². The van der Waals surface area contributed by atoms with Crippen LogP contribution >= 0.6 is 11.8 Å². The van der Waals surface area contributed by atoms with Gasteiger partial charge >= 0.3 is 0 Å². The molecule has 2 saturated heterocycles. The van der Waals surface area contributed by atoms with Crippen LogP contribution in [0.5, 0.6) is 0 Å². The molecule has 2 aliphatic heterocycles. The van der Waals surface area contributed by atoms with Crippen molar-refractivity contribution in [2.75, 3.05) is 25.4 Å². The van der Waals surface area contributed by atoms with Gasteiger partial charge in [0.15, 0.2) is 0 Å². The van der Waals surface area contributed by atoms with Crippen molar-refractivity contribution in [3.05, 3.63) is 0 Å². The van der Waals surface area contributed by atoms with Crippen LogP contribution in [0.15, 0.2) is 0 Å². The second-order valence-corrected chi connectivity index (χ2v) is 7.40. The Balaban J connectivity index is 1.90. The van der Waals surface area contributed by atoms with Crippen molar-refractivity contribution in [2.24, 2.45) is 11.7 Å². The Hall–Kier alpha value is 0.270. The summed E-state index contributed by atoms with van der Waals surface area (Å²) in [6.45, 7) is 8.09. The van der Waals surface area contributed by atoms with Crippen molar-refractivity contribution >= 4 is 11.8 Å². The molecule has 2 fully saturated rings. The second kappa shape index (κ2) is 5.94. The molecular formula is C14H28N2S. The van der Waals surface area contributed by atoms with Crippen LogP contribution in [0.4, 0.5) is 0 Å². The molecule has 0 spiro atoms. The zero-order valence-corrected chi connectivity index (χ0v) is 12.3. The number of likely N-dealkylation sites (tertiary alicyclic amines) is 1. The first-order chi connectivity index (χ1) is 8.20. The Kier molecular flexibility index (Phi) is 4.79. The van der Waals surface area contributed by atoms with Crippen molar-refractivity contribution in [1.29, 1.82) is 0 Å². The molecule has 2 heterocycles. The molecule has 2 unspecified atom stereocenters. The fraction of sp³-hybridized carbons (Fsp3) is 1.00. The summed E-state index contributed by atoms with van der Waals surface area (Å²) in [6, 6.07) is 0. The summed E-state index contributed by atoms with van der Waals surface area (Å²) in [6.07, 6.45) is 6.87. The van der Waals surface area contributed by atoms with Crippen molar-refractivity contribution in [2.45, 2.75) is 56.7 Å². The first-order valence-corrected chi connectivity index (χ1v) is 8.32. The highest BCUT2D eigenvalue weighted by Gasteiger charge is 2.42. The maximum Gasteiger partial charge on any atom is 0.0432 e. The molecule has 0 aromatic heterocycles. The van der Waals surface area contributed by atoms with Gasteiger partial charge in [-0.1, -0.05) is 26.7 Å². The molecule has 2 nitrogen and oxygen atoms in total. The molecule has 2 N–H and O–H groups in total. The summed E-state index contributed by atoms with van der Waals surface area (Å²) in [5.74, 6) is 2.24. The molecule has 0 radical (unpaired) electrons. The predicted molar refractivity (Wildman–Crippen MR) is 77.5 cm³/mol. The van der Waals surface area contributed by atoms with Crippen molar-refractivity contribution in [3.8, 4) is 0 Å². The van der Waals surface area contributed by atoms with Gasteiger partial charge in [-0.3, -0.25) is 4.90 Å². The number of rotatable bonds is 4. The lowest BCUT2D eigenvalue weighted by Crippen LogP contribution is -2.56. The average molecular weight is 256 g/mol. The van der Waals surface area contributed by atoms with E-state index in [1.54, 1.807) is 0 Å². The topological polar surface area (TPSA) is 29.3 Å². The van der Waals surface area contributed by atoms with Crippen LogP contribution in [0.25, 0.3) is 0 Å². The van der Waals surface area contributed by atoms with E-state index in [-0.39, 0.29) is 0 Å². The van der Waals surface area contributed by atoms with Crippen LogP contribution in [0.1, 0.15) is 46.0 Å². The zero-order chi connectivity index (χ0) is 12.3. The maximum absolute atomic E-state index is 6.10. The highest BCUT2D eigenvalue weighted by molar-refractivity contribution is 8.00. The number of hydrogen-bond acceptors (Lipinski definition) is 3. The number of hydrogen-bond donors (Lipinski definition) is 1. The number of thioether (sulfide) groups is 1. The lowest BCUT2D eigenvalue weighted by molar-refractivity contribution is 0.0677. The minimum Gasteiger partial charge on any atom is -0.329 e. The summed E-state index contributed by atoms with van der Waals surface area (Å²) in [4.78, 5) is 2.72. The molecule has 0 aliphatic carbocycles. The molecule has 2 atom stereocenters. The average Bonchev–Trinajstić information content (AvgIpc) is 2.74. The summed E-state index contributed by atoms with van der Waals surface area (Å²) < 4.78 is 0. The van der Waals surface area contributed by atoms with Crippen LogP contribution in [-0.2, 0) is 0 Å². The first-order valence-electron chi connectivity index (χ1n) is 7.27. The minimum atomic E-state index is 0.335. The number of piperidine rings is 1. The highest BCUT2D eigenvalue weighted by atomic mass is 32.2. The highest BCUT2D eigenvalue weighted by Crippen LogP contribution is 2.40. The summed E-state index contributed by atoms with van der Waals surface area (Å²) in [5.41, 5.74) is 6.43. The molecule has 0 aromatic carbocycles. The van der Waals surface area contributed by atoms with Crippen LogP contribution < -0.4 is 5.73 Å². The third kappa shape index (κ3) is 2.99. The molecule has 17 heavy (non-hydrogen) atoms. The molecule has 0 saturated carbocycles. The normalized spacial score (nSPS) is 36.5. The largest absolute Gasteiger partial charge is 0.329 e. The third-order valence-corrected chi connectivity index (χ3v) is 6.11. The number of nitrogens with zero attached hydrogens (tertiary/aromatic N) is 1. The smallest absolute Gasteiger partial charge is 0.0432 e. The minimum absolute atomic E-state index is 0.335. The van der Waals surface area contributed by atoms with Gasteiger partial charge in [-0.25, -0.2) is 0 Å². The maximum atomic E-state index is 6.10. The molecule has 3 heteroatoms. The summed E-state index contributed by atoms with van der Waals surface area (Å²) in [5, 5.41) is 0.798. The van der Waals surface area contributed by atoms with E-state index >= 15 is 0 Å². The van der Waals surface area contributed by atoms with Gasteiger partial charge in [0.25, 0.3) is 0 Å². The molecule has 0 amide bonds. The molecule has 2 rings (SSSR count). The van der Waals surface area contributed by atoms with Gasteiger partial charge in [-0.15, -0.1) is 0 Å². The van der Waals surface area contributed by atoms with Gasteiger partial charge in [0.2, 0.25) is 0 Å². The SMILES string of the molecule is CCCC1CCN(C2(CN)CSC(C)C2)CC1. The second-order valence-electron chi connectivity index (χ2n) is 5.97. The van der Waals surface area contributed by atoms with E-state index < -0.39 is 0 Å². The third-order valence-electron chi connectivity index (χ3n) is 4.67. The van der Waals surface area contributed by atoms with E-state index in [9.17, 15) is 0 Å². The van der Waals surface area contributed by atoms with Gasteiger partial charge in [0.1, 0.15) is 0 Å². The van der Waals surface area contributed by atoms with Gasteiger partial charge in [0, 0.05) is 23.1 Å². The van der Waals surface area contributed by atoms with Gasteiger partial charge in [0.05, 0.1) is 0 Å². The molecule has 100 valence electrons. The Labute approximate surface area is 111 Å². The fourth-order valence-electron chi connectivity index (χ4n) is 3.55. The van der Waals surface area contributed by atoms with E-state index in [1.807, 2.05) is 0 Å². The quantitative estimate of drug-likeness (QED) is 0.838. The standard InChI is InChI=1S/C14H28N2S/c1-3-4-13-5-7-16(8-6-13)14(10-15)9-12(2)17-11-14/h12-13H,3-11,15H2,1-2H3. The van der Waals surface area contributed by atoms with E-state index in [4.69, 9.17) is 5.73 Å². The van der Waals surface area contributed by atoms with E-state index in [0.717, 1.165) is 17.7 Å². The van der Waals surface area contributed by atoms with Gasteiger partial charge < -0.3 is 5.73 Å². The first kappa shape index (κ1) is 13.7. The zero-order valence-electron chi connectivity index (χ0n) is 11.5.